The number of likely N-dealkylation sites (N-methyl/N-ethyl adjacent to an activating group) is 1. The molecule has 0 unspecified atom stereocenters. The van der Waals surface area contributed by atoms with Crippen LogP contribution in [0.3, 0.4) is 0 Å². The third kappa shape index (κ3) is 4.00. The van der Waals surface area contributed by atoms with Gasteiger partial charge in [0.2, 0.25) is 18.1 Å². The molecule has 1 aromatic carbocycles. The lowest BCUT2D eigenvalue weighted by molar-refractivity contribution is -0.152. The Bertz CT molecular complexity index is 887. The van der Waals surface area contributed by atoms with Crippen LogP contribution < -0.4 is 10.7 Å². The maximum absolute atomic E-state index is 12.7. The summed E-state index contributed by atoms with van der Waals surface area (Å²) in [6.07, 6.45) is 1.59. The summed E-state index contributed by atoms with van der Waals surface area (Å²) in [6.45, 7) is 1.46. The van der Waals surface area contributed by atoms with Crippen molar-refractivity contribution < 1.29 is 18.9 Å². The van der Waals surface area contributed by atoms with Crippen molar-refractivity contribution in [3.8, 4) is 11.3 Å². The minimum absolute atomic E-state index is 0.00283. The second-order valence-corrected chi connectivity index (χ2v) is 7.61. The Morgan fingerprint density at radius 2 is 1.97 bits per heavy atom. The Balaban J connectivity index is 1.29. The molecule has 29 heavy (non-hydrogen) atoms. The molecule has 9 nitrogen and oxygen atoms in total. The van der Waals surface area contributed by atoms with Crippen LogP contribution in [-0.4, -0.2) is 65.5 Å². The molecule has 2 N–H and O–H groups in total. The van der Waals surface area contributed by atoms with Crippen molar-refractivity contribution in [1.82, 2.24) is 25.8 Å². The van der Waals surface area contributed by atoms with Crippen LogP contribution in [0.4, 0.5) is 0 Å². The molecule has 0 atom stereocenters. The molecule has 4 rings (SSSR count). The number of hydrogen-bond donors (Lipinski definition) is 2. The molecule has 1 saturated carbocycles. The Morgan fingerprint density at radius 1 is 1.24 bits per heavy atom. The summed E-state index contributed by atoms with van der Waals surface area (Å²) in [6, 6.07) is 11.0. The molecule has 9 heteroatoms. The van der Waals surface area contributed by atoms with Gasteiger partial charge in [0.1, 0.15) is 5.69 Å². The van der Waals surface area contributed by atoms with Crippen LogP contribution >= 0.6 is 0 Å². The first-order chi connectivity index (χ1) is 14.0. The summed E-state index contributed by atoms with van der Waals surface area (Å²) < 4.78 is 5.17. The van der Waals surface area contributed by atoms with E-state index in [4.69, 9.17) is 4.52 Å². The van der Waals surface area contributed by atoms with E-state index in [0.717, 1.165) is 18.7 Å². The first-order valence-electron chi connectivity index (χ1n) is 9.59. The molecular formula is C20H23N5O4. The summed E-state index contributed by atoms with van der Waals surface area (Å²) in [5, 5.41) is 8.25. The smallest absolute Gasteiger partial charge is 0.290 e. The van der Waals surface area contributed by atoms with Gasteiger partial charge in [-0.2, -0.15) is 0 Å². The number of carbonyl (C=O) groups excluding carboxylic acids is 3. The summed E-state index contributed by atoms with van der Waals surface area (Å²) in [5.74, 6) is -0.528. The normalized spacial score (nSPS) is 21.6. The van der Waals surface area contributed by atoms with Crippen LogP contribution in [0.25, 0.3) is 11.3 Å². The van der Waals surface area contributed by atoms with E-state index in [1.54, 1.807) is 6.07 Å². The highest BCUT2D eigenvalue weighted by Gasteiger charge is 2.42. The largest absolute Gasteiger partial charge is 0.350 e. The molecule has 1 aromatic heterocycles. The van der Waals surface area contributed by atoms with E-state index < -0.39 is 0 Å². The Kier molecular flexibility index (Phi) is 5.30. The van der Waals surface area contributed by atoms with Crippen LogP contribution in [0.1, 0.15) is 23.4 Å². The fourth-order valence-electron chi connectivity index (χ4n) is 3.75. The van der Waals surface area contributed by atoms with Crippen LogP contribution in [0.2, 0.25) is 0 Å². The molecule has 3 amide bonds. The number of nitrogens with zero attached hydrogens (tertiary/aromatic N) is 3. The third-order valence-corrected chi connectivity index (χ3v) is 5.47. The van der Waals surface area contributed by atoms with E-state index in [1.807, 2.05) is 37.4 Å². The van der Waals surface area contributed by atoms with Crippen molar-refractivity contribution in [3.05, 3.63) is 42.2 Å². The predicted molar refractivity (Wildman–Crippen MR) is 103 cm³/mol. The number of nitrogens with one attached hydrogen (secondary N) is 2. The highest BCUT2D eigenvalue weighted by Crippen LogP contribution is 2.30. The number of amides is 3. The molecule has 0 spiro atoms. The van der Waals surface area contributed by atoms with Gasteiger partial charge in [-0.05, 0) is 19.9 Å². The quantitative estimate of drug-likeness (QED) is 0.525. The van der Waals surface area contributed by atoms with Crippen LogP contribution in [0, 0.1) is 5.92 Å². The second-order valence-electron chi connectivity index (χ2n) is 7.61. The predicted octanol–water partition coefficient (Wildman–Crippen LogP) is 0.654. The Hall–Kier alpha value is -3.20. The average molecular weight is 397 g/mol. The fourth-order valence-corrected chi connectivity index (χ4v) is 3.75. The first kappa shape index (κ1) is 19.1. The summed E-state index contributed by atoms with van der Waals surface area (Å²) in [4.78, 5) is 38.0. The van der Waals surface area contributed by atoms with Crippen molar-refractivity contribution >= 4 is 18.2 Å². The fraction of sp³-hybridized carbons (Fsp3) is 0.400. The molecule has 2 aromatic rings. The lowest BCUT2D eigenvalue weighted by Gasteiger charge is -2.45. The number of aromatic nitrogens is 1. The van der Waals surface area contributed by atoms with E-state index in [2.05, 4.69) is 20.8 Å². The lowest BCUT2D eigenvalue weighted by Crippen LogP contribution is -2.65. The summed E-state index contributed by atoms with van der Waals surface area (Å²) in [5.41, 5.74) is 3.98. The van der Waals surface area contributed by atoms with Gasteiger partial charge in [0, 0.05) is 36.7 Å². The molecule has 152 valence electrons. The highest BCUT2D eigenvalue weighted by atomic mass is 16.5. The topological polar surface area (TPSA) is 108 Å². The molecule has 2 aliphatic rings. The maximum atomic E-state index is 12.7. The molecule has 1 aliphatic heterocycles. The van der Waals surface area contributed by atoms with Gasteiger partial charge in [0.05, 0.1) is 6.04 Å². The minimum Gasteiger partial charge on any atom is -0.350 e. The standard InChI is InChI=1S/C20H23N5O4/c1-24-10-16(11-24)25(21-12-26)20(28)14-7-15(8-14)22-19(27)18-9-17(23-29-18)13-5-3-2-4-6-13/h2-6,9,12,14-16H,7-8,10-11H2,1H3,(H,21,26)(H,22,27). The number of benzene rings is 1. The van der Waals surface area contributed by atoms with Gasteiger partial charge in [0.15, 0.2) is 0 Å². The van der Waals surface area contributed by atoms with Crippen molar-refractivity contribution in [2.75, 3.05) is 20.1 Å². The van der Waals surface area contributed by atoms with Crippen molar-refractivity contribution in [3.63, 3.8) is 0 Å². The zero-order valence-corrected chi connectivity index (χ0v) is 16.1. The van der Waals surface area contributed by atoms with Crippen LogP contribution in [-0.2, 0) is 9.59 Å². The molecule has 1 saturated heterocycles. The van der Waals surface area contributed by atoms with Crippen molar-refractivity contribution in [2.24, 2.45) is 5.92 Å². The van der Waals surface area contributed by atoms with Crippen LogP contribution in [0.5, 0.6) is 0 Å². The van der Waals surface area contributed by atoms with Gasteiger partial charge in [-0.15, -0.1) is 0 Å². The number of likely N-dealkylation sites (tertiary alicyclic amines) is 1. The van der Waals surface area contributed by atoms with Gasteiger partial charge < -0.3 is 14.7 Å². The second kappa shape index (κ2) is 8.04. The Morgan fingerprint density at radius 3 is 2.62 bits per heavy atom. The lowest BCUT2D eigenvalue weighted by atomic mass is 9.79. The molecule has 0 radical (unpaired) electrons. The highest BCUT2D eigenvalue weighted by molar-refractivity contribution is 5.93. The molecule has 1 aliphatic carbocycles. The number of carbonyl (C=O) groups is 3. The van der Waals surface area contributed by atoms with Gasteiger partial charge in [-0.1, -0.05) is 35.5 Å². The summed E-state index contributed by atoms with van der Waals surface area (Å²) in [7, 11) is 1.96. The third-order valence-electron chi connectivity index (χ3n) is 5.47. The van der Waals surface area contributed by atoms with Gasteiger partial charge in [-0.25, -0.2) is 5.01 Å². The van der Waals surface area contributed by atoms with E-state index in [9.17, 15) is 14.4 Å². The van der Waals surface area contributed by atoms with Crippen molar-refractivity contribution in [2.45, 2.75) is 24.9 Å². The van der Waals surface area contributed by atoms with E-state index in [-0.39, 0.29) is 35.6 Å². The van der Waals surface area contributed by atoms with Crippen molar-refractivity contribution in [1.29, 1.82) is 0 Å². The number of hydrogen-bond acceptors (Lipinski definition) is 6. The zero-order chi connectivity index (χ0) is 20.4. The van der Waals surface area contributed by atoms with Gasteiger partial charge >= 0.3 is 0 Å². The molecule has 2 heterocycles. The number of rotatable bonds is 7. The van der Waals surface area contributed by atoms with E-state index in [1.165, 1.54) is 5.01 Å². The molecular weight excluding hydrogens is 374 g/mol. The van der Waals surface area contributed by atoms with E-state index in [0.29, 0.717) is 24.9 Å². The van der Waals surface area contributed by atoms with Gasteiger partial charge in [-0.3, -0.25) is 19.8 Å². The van der Waals surface area contributed by atoms with E-state index >= 15 is 0 Å². The van der Waals surface area contributed by atoms with Crippen LogP contribution in [0.15, 0.2) is 40.9 Å². The first-order valence-corrected chi connectivity index (χ1v) is 9.59. The monoisotopic (exact) mass is 397 g/mol. The minimum atomic E-state index is -0.348. The van der Waals surface area contributed by atoms with Gasteiger partial charge in [0.25, 0.3) is 5.91 Å². The zero-order valence-electron chi connectivity index (χ0n) is 16.1. The maximum Gasteiger partial charge on any atom is 0.290 e. The number of hydrazine groups is 1. The molecule has 0 bridgehead atoms. The molecule has 2 fully saturated rings. The summed E-state index contributed by atoms with van der Waals surface area (Å²) >= 11 is 0. The SMILES string of the molecule is CN1CC(N(NC=O)C(=O)C2CC(NC(=O)c3cc(-c4ccccc4)no3)C2)C1. The average Bonchev–Trinajstić information content (AvgIpc) is 3.17. The Labute approximate surface area is 168 Å².